The molecule has 0 radical (unpaired) electrons. The van der Waals surface area contributed by atoms with Crippen LogP contribution in [0.2, 0.25) is 0 Å². The molecule has 0 amide bonds. The maximum Gasteiger partial charge on any atom is 0.0577 e. The van der Waals surface area contributed by atoms with Gasteiger partial charge in [0.1, 0.15) is 0 Å². The Balaban J connectivity index is 0.000000134. The van der Waals surface area contributed by atoms with Crippen LogP contribution in [0.4, 0.5) is 0 Å². The third-order valence-electron chi connectivity index (χ3n) is 11.5. The predicted octanol–water partition coefficient (Wildman–Crippen LogP) is 15.8. The number of aromatic nitrogens is 1. The van der Waals surface area contributed by atoms with E-state index in [1.165, 1.54) is 87.9 Å². The summed E-state index contributed by atoms with van der Waals surface area (Å²) in [7, 11) is 0. The Morgan fingerprint density at radius 3 is 1.67 bits per heavy atom. The molecule has 11 rings (SSSR count). The molecule has 1 aliphatic carbocycles. The number of nitrogens with zero attached hydrogens (tertiary/aromatic N) is 1. The fourth-order valence-electron chi connectivity index (χ4n) is 8.58. The second kappa shape index (κ2) is 16.8. The molecule has 0 fully saturated rings. The van der Waals surface area contributed by atoms with Crippen LogP contribution in [0.3, 0.4) is 0 Å². The minimum absolute atomic E-state index is 0.151. The molecule has 0 unspecified atom stereocenters. The van der Waals surface area contributed by atoms with Gasteiger partial charge in [-0.1, -0.05) is 213 Å². The lowest BCUT2D eigenvalue weighted by molar-refractivity contribution is 0.660. The van der Waals surface area contributed by atoms with Crippen molar-refractivity contribution in [2.75, 3.05) is 0 Å². The number of aryl methyl sites for hydroxylation is 3. The fraction of sp³-hybridized carbons (Fsp3) is 0.123. The minimum atomic E-state index is 0.151. The zero-order valence-electron chi connectivity index (χ0n) is 34.3. The highest BCUT2D eigenvalue weighted by molar-refractivity contribution is 6.20. The Hall–Kier alpha value is -6.70. The monoisotopic (exact) mass is 749 g/mol. The van der Waals surface area contributed by atoms with Crippen molar-refractivity contribution < 1.29 is 0 Å². The summed E-state index contributed by atoms with van der Waals surface area (Å²) < 4.78 is 2.47. The number of hydrogen-bond acceptors (Lipinski definition) is 0. The number of hydrogen-bond donors (Lipinski definition) is 0. The number of benzene rings is 9. The summed E-state index contributed by atoms with van der Waals surface area (Å²) >= 11 is 0. The molecular formula is C57H51N. The molecule has 0 N–H and O–H groups in total. The molecule has 0 saturated heterocycles. The lowest BCUT2D eigenvalue weighted by Crippen LogP contribution is -2.14. The van der Waals surface area contributed by atoms with Gasteiger partial charge >= 0.3 is 0 Å². The molecular weight excluding hydrogens is 699 g/mol. The van der Waals surface area contributed by atoms with E-state index in [-0.39, 0.29) is 5.41 Å². The molecule has 58 heavy (non-hydrogen) atoms. The Labute approximate surface area is 343 Å². The van der Waals surface area contributed by atoms with Crippen molar-refractivity contribution >= 4 is 43.4 Å². The van der Waals surface area contributed by atoms with Crippen molar-refractivity contribution in [3.05, 3.63) is 229 Å². The highest BCUT2D eigenvalue weighted by Gasteiger charge is 2.34. The first-order valence-electron chi connectivity index (χ1n) is 20.5. The van der Waals surface area contributed by atoms with Gasteiger partial charge in [-0.3, -0.25) is 0 Å². The van der Waals surface area contributed by atoms with Gasteiger partial charge < -0.3 is 4.57 Å². The molecule has 1 nitrogen and oxygen atoms in total. The van der Waals surface area contributed by atoms with Crippen molar-refractivity contribution in [2.24, 2.45) is 0 Å². The molecule has 1 heteroatoms. The molecule has 0 saturated carbocycles. The van der Waals surface area contributed by atoms with Crippen LogP contribution >= 0.6 is 0 Å². The average molecular weight is 750 g/mol. The zero-order valence-corrected chi connectivity index (χ0v) is 34.3. The van der Waals surface area contributed by atoms with Crippen molar-refractivity contribution in [1.29, 1.82) is 0 Å². The van der Waals surface area contributed by atoms with E-state index >= 15 is 0 Å². The molecule has 0 bridgehead atoms. The van der Waals surface area contributed by atoms with Crippen LogP contribution in [0, 0.1) is 13.8 Å². The molecule has 0 spiro atoms. The normalized spacial score (nSPS) is 12.1. The van der Waals surface area contributed by atoms with Crippen LogP contribution in [0.15, 0.2) is 206 Å². The molecule has 1 aliphatic rings. The van der Waals surface area contributed by atoms with Crippen LogP contribution in [0.5, 0.6) is 0 Å². The van der Waals surface area contributed by atoms with Gasteiger partial charge in [0.2, 0.25) is 0 Å². The fourth-order valence-corrected chi connectivity index (χ4v) is 8.58. The van der Waals surface area contributed by atoms with E-state index in [1.807, 2.05) is 54.6 Å². The topological polar surface area (TPSA) is 4.93 Å². The average Bonchev–Trinajstić information content (AvgIpc) is 3.71. The maximum absolute atomic E-state index is 2.47. The number of rotatable bonds is 2. The zero-order chi connectivity index (χ0) is 40.1. The van der Waals surface area contributed by atoms with Gasteiger partial charge in [0.15, 0.2) is 0 Å². The third kappa shape index (κ3) is 7.57. The lowest BCUT2D eigenvalue weighted by atomic mass is 9.82. The van der Waals surface area contributed by atoms with Crippen molar-refractivity contribution in [1.82, 2.24) is 4.57 Å². The Bertz CT molecular complexity index is 2940. The number of fused-ring (bicyclic) bond motifs is 8. The van der Waals surface area contributed by atoms with Crippen LogP contribution in [-0.2, 0) is 12.0 Å². The Kier molecular flexibility index (Phi) is 11.1. The van der Waals surface area contributed by atoms with Gasteiger partial charge in [0.05, 0.1) is 5.52 Å². The van der Waals surface area contributed by atoms with E-state index in [1.54, 1.807) is 0 Å². The summed E-state index contributed by atoms with van der Waals surface area (Å²) in [6.07, 6.45) is 0. The van der Waals surface area contributed by atoms with Crippen molar-refractivity contribution in [3.63, 3.8) is 0 Å². The van der Waals surface area contributed by atoms with Crippen molar-refractivity contribution in [3.8, 4) is 22.3 Å². The summed E-state index contributed by atoms with van der Waals surface area (Å²) in [6.45, 7) is 12.1. The standard InChI is InChI=1S/C28H21N.C16H16.C7H8.C6H6/c1-2-29-26-14-8-7-13-24(26)25-18-21-11-5-6-12-23(21)27(28(25)29)22-16-15-19-9-3-4-10-20(19)17-22;1-11-8-9-13-12-6-4-5-7-14(12)16(2,3)15(13)10-11;1-7-5-3-2-4-6-7;1-2-4-6-5-3-1/h3-18H,2H2,1H3;4-10H,1-3H3;2-6H,1H3;1-6H. The largest absolute Gasteiger partial charge is 0.340 e. The third-order valence-corrected chi connectivity index (χ3v) is 11.5. The second-order valence-electron chi connectivity index (χ2n) is 15.7. The molecule has 9 aromatic carbocycles. The van der Waals surface area contributed by atoms with Gasteiger partial charge in [-0.15, -0.1) is 0 Å². The second-order valence-corrected chi connectivity index (χ2v) is 15.7. The summed E-state index contributed by atoms with van der Waals surface area (Å²) in [4.78, 5) is 0. The van der Waals surface area contributed by atoms with Gasteiger partial charge in [-0.25, -0.2) is 0 Å². The van der Waals surface area contributed by atoms with Crippen LogP contribution in [-0.4, -0.2) is 4.57 Å². The molecule has 1 aromatic heterocycles. The highest BCUT2D eigenvalue weighted by atomic mass is 15.0. The minimum Gasteiger partial charge on any atom is -0.340 e. The van der Waals surface area contributed by atoms with Gasteiger partial charge in [-0.05, 0) is 88.3 Å². The smallest absolute Gasteiger partial charge is 0.0577 e. The van der Waals surface area contributed by atoms with Crippen LogP contribution in [0.25, 0.3) is 65.6 Å². The molecule has 0 atom stereocenters. The van der Waals surface area contributed by atoms with E-state index < -0.39 is 0 Å². The first kappa shape index (κ1) is 38.2. The first-order chi connectivity index (χ1) is 28.3. The van der Waals surface area contributed by atoms with Crippen LogP contribution in [0.1, 0.15) is 43.0 Å². The lowest BCUT2D eigenvalue weighted by Gasteiger charge is -2.21. The summed E-state index contributed by atoms with van der Waals surface area (Å²) in [5, 5.41) is 7.84. The summed E-state index contributed by atoms with van der Waals surface area (Å²) in [5.74, 6) is 0. The van der Waals surface area contributed by atoms with Gasteiger partial charge in [0, 0.05) is 33.8 Å². The van der Waals surface area contributed by atoms with E-state index in [0.717, 1.165) is 6.54 Å². The van der Waals surface area contributed by atoms with E-state index in [0.29, 0.717) is 0 Å². The van der Waals surface area contributed by atoms with E-state index in [9.17, 15) is 0 Å². The Morgan fingerprint density at radius 2 is 0.983 bits per heavy atom. The van der Waals surface area contributed by atoms with E-state index in [4.69, 9.17) is 0 Å². The molecule has 0 aliphatic heterocycles. The quantitative estimate of drug-likeness (QED) is 0.166. The molecule has 1 heterocycles. The molecule has 10 aromatic rings. The summed E-state index contributed by atoms with van der Waals surface area (Å²) in [5.41, 5.74) is 13.8. The first-order valence-corrected chi connectivity index (χ1v) is 20.5. The van der Waals surface area contributed by atoms with Gasteiger partial charge in [-0.2, -0.15) is 0 Å². The van der Waals surface area contributed by atoms with Gasteiger partial charge in [0.25, 0.3) is 0 Å². The molecule has 284 valence electrons. The maximum atomic E-state index is 2.47. The highest BCUT2D eigenvalue weighted by Crippen LogP contribution is 2.48. The SMILES string of the molecule is CCn1c2ccccc2c2cc3ccccc3c(-c3ccc4ccccc4c3)c21.Cc1ccc2c(c1)C(C)(C)c1ccccc1-2.Cc1ccccc1.c1ccccc1. The van der Waals surface area contributed by atoms with E-state index in [2.05, 4.69) is 191 Å². The summed E-state index contributed by atoms with van der Waals surface area (Å²) in [6, 6.07) is 73.2. The number of para-hydroxylation sites is 1. The van der Waals surface area contributed by atoms with Crippen molar-refractivity contribution in [2.45, 2.75) is 46.6 Å². The van der Waals surface area contributed by atoms with Crippen LogP contribution < -0.4 is 0 Å². The predicted molar refractivity (Wildman–Crippen MR) is 252 cm³/mol. The Morgan fingerprint density at radius 1 is 0.414 bits per heavy atom.